The van der Waals surface area contributed by atoms with Crippen LogP contribution < -0.4 is 11.5 Å². The zero-order valence-corrected chi connectivity index (χ0v) is 17.8. The zero-order chi connectivity index (χ0) is 22.0. The molecule has 1 aromatic carbocycles. The molecule has 31 heavy (non-hydrogen) atoms. The van der Waals surface area contributed by atoms with Gasteiger partial charge in [-0.3, -0.25) is 9.78 Å². The van der Waals surface area contributed by atoms with Crippen LogP contribution in [0.4, 0.5) is 5.82 Å². The van der Waals surface area contributed by atoms with E-state index in [2.05, 4.69) is 15.0 Å². The van der Waals surface area contributed by atoms with E-state index in [0.717, 1.165) is 23.1 Å². The smallest absolute Gasteiger partial charge is 0.189 e. The summed E-state index contributed by atoms with van der Waals surface area (Å²) in [6, 6.07) is 11.5. The Morgan fingerprint density at radius 1 is 1.19 bits per heavy atom. The van der Waals surface area contributed by atoms with E-state index in [1.54, 1.807) is 18.6 Å². The molecule has 0 radical (unpaired) electrons. The number of aromatic nitrogens is 3. The standard InChI is InChI=1S/C24H27N5O2/c1-24(2)12-17(25)11-21(31-24)18-8-9-27-13-16(18)10-20(30)22-23(26)28-14-19(29-22)15-6-4-3-5-7-15/h3-9,13-14,17,21H,10-12,25H2,1-2H3,(H2,26,28)/t17-,21+/m0/s1. The first-order valence-electron chi connectivity index (χ1n) is 10.4. The second kappa shape index (κ2) is 8.53. The van der Waals surface area contributed by atoms with Gasteiger partial charge < -0.3 is 16.2 Å². The number of pyridine rings is 1. The highest BCUT2D eigenvalue weighted by Gasteiger charge is 2.35. The van der Waals surface area contributed by atoms with E-state index in [-0.39, 0.29) is 41.5 Å². The lowest BCUT2D eigenvalue weighted by molar-refractivity contribution is -0.115. The van der Waals surface area contributed by atoms with Crippen LogP contribution in [0.5, 0.6) is 0 Å². The third-order valence-electron chi connectivity index (χ3n) is 5.51. The summed E-state index contributed by atoms with van der Waals surface area (Å²) in [4.78, 5) is 26.1. The molecule has 3 aromatic rings. The molecule has 1 fully saturated rings. The maximum atomic E-state index is 13.2. The van der Waals surface area contributed by atoms with Gasteiger partial charge in [-0.2, -0.15) is 0 Å². The molecule has 4 rings (SSSR count). The van der Waals surface area contributed by atoms with Crippen LogP contribution in [-0.2, 0) is 11.2 Å². The van der Waals surface area contributed by atoms with Gasteiger partial charge in [0.15, 0.2) is 11.6 Å². The van der Waals surface area contributed by atoms with Crippen LogP contribution in [0, 0.1) is 0 Å². The van der Waals surface area contributed by atoms with Gasteiger partial charge in [-0.25, -0.2) is 9.97 Å². The summed E-state index contributed by atoms with van der Waals surface area (Å²) in [5.41, 5.74) is 15.3. The highest BCUT2D eigenvalue weighted by atomic mass is 16.5. The molecule has 160 valence electrons. The van der Waals surface area contributed by atoms with Gasteiger partial charge >= 0.3 is 0 Å². The first-order valence-corrected chi connectivity index (χ1v) is 10.4. The van der Waals surface area contributed by atoms with Crippen molar-refractivity contribution in [1.82, 2.24) is 15.0 Å². The van der Waals surface area contributed by atoms with Crippen molar-refractivity contribution in [3.8, 4) is 11.3 Å². The number of anilines is 1. The van der Waals surface area contributed by atoms with Crippen molar-refractivity contribution in [3.05, 3.63) is 71.8 Å². The Hall–Kier alpha value is -3.16. The summed E-state index contributed by atoms with van der Waals surface area (Å²) in [5, 5.41) is 0. The minimum atomic E-state index is -0.327. The summed E-state index contributed by atoms with van der Waals surface area (Å²) in [6.45, 7) is 4.08. The van der Waals surface area contributed by atoms with Crippen molar-refractivity contribution in [2.24, 2.45) is 5.73 Å². The van der Waals surface area contributed by atoms with Gasteiger partial charge in [0.1, 0.15) is 5.69 Å². The molecule has 0 aliphatic carbocycles. The zero-order valence-electron chi connectivity index (χ0n) is 17.8. The van der Waals surface area contributed by atoms with Crippen LogP contribution in [-0.4, -0.2) is 32.4 Å². The Balaban J connectivity index is 1.62. The van der Waals surface area contributed by atoms with E-state index >= 15 is 0 Å². The quantitative estimate of drug-likeness (QED) is 0.610. The van der Waals surface area contributed by atoms with Crippen LogP contribution in [0.3, 0.4) is 0 Å². The number of nitrogens with zero attached hydrogens (tertiary/aromatic N) is 3. The summed E-state index contributed by atoms with van der Waals surface area (Å²) in [7, 11) is 0. The third-order valence-corrected chi connectivity index (χ3v) is 5.51. The Bertz CT molecular complexity index is 1080. The monoisotopic (exact) mass is 417 g/mol. The molecular formula is C24H27N5O2. The van der Waals surface area contributed by atoms with Crippen molar-refractivity contribution < 1.29 is 9.53 Å². The normalized spacial score (nSPS) is 20.4. The third kappa shape index (κ3) is 4.78. The lowest BCUT2D eigenvalue weighted by Gasteiger charge is -2.40. The fraction of sp³-hybridized carbons (Fsp3) is 0.333. The first kappa shape index (κ1) is 21.1. The summed E-state index contributed by atoms with van der Waals surface area (Å²) >= 11 is 0. The van der Waals surface area contributed by atoms with Gasteiger partial charge in [-0.05, 0) is 43.9 Å². The predicted molar refractivity (Wildman–Crippen MR) is 119 cm³/mol. The number of ether oxygens (including phenoxy) is 1. The van der Waals surface area contributed by atoms with Crippen molar-refractivity contribution in [1.29, 1.82) is 0 Å². The average molecular weight is 418 g/mol. The molecule has 0 amide bonds. The van der Waals surface area contributed by atoms with Crippen molar-refractivity contribution in [2.75, 3.05) is 5.73 Å². The largest absolute Gasteiger partial charge is 0.382 e. The number of benzene rings is 1. The van der Waals surface area contributed by atoms with E-state index in [9.17, 15) is 4.79 Å². The van der Waals surface area contributed by atoms with E-state index in [1.807, 2.05) is 50.2 Å². The Labute approximate surface area is 181 Å². The van der Waals surface area contributed by atoms with Gasteiger partial charge in [0.2, 0.25) is 0 Å². The molecule has 4 N–H and O–H groups in total. The Kier molecular flexibility index (Phi) is 5.80. The number of Topliss-reactive ketones (excluding diaryl/α,β-unsaturated/α-hetero) is 1. The second-order valence-corrected chi connectivity index (χ2v) is 8.60. The molecule has 3 heterocycles. The number of rotatable bonds is 5. The minimum Gasteiger partial charge on any atom is -0.382 e. The van der Waals surface area contributed by atoms with E-state index in [0.29, 0.717) is 12.1 Å². The molecule has 0 bridgehead atoms. The summed E-state index contributed by atoms with van der Waals surface area (Å²) in [6.07, 6.45) is 6.40. The van der Waals surface area contributed by atoms with E-state index < -0.39 is 0 Å². The molecule has 2 aromatic heterocycles. The highest BCUT2D eigenvalue weighted by molar-refractivity contribution is 5.99. The lowest BCUT2D eigenvalue weighted by atomic mass is 9.87. The van der Waals surface area contributed by atoms with E-state index in [1.165, 1.54) is 0 Å². The summed E-state index contributed by atoms with van der Waals surface area (Å²) < 4.78 is 6.29. The molecular weight excluding hydrogens is 390 g/mol. The van der Waals surface area contributed by atoms with Crippen LogP contribution in [0.15, 0.2) is 55.0 Å². The minimum absolute atomic E-state index is 0.0366. The SMILES string of the molecule is CC1(C)C[C@@H](N)C[C@H](c2ccncc2CC(=O)c2nc(-c3ccccc3)cnc2N)O1. The van der Waals surface area contributed by atoms with E-state index in [4.69, 9.17) is 16.2 Å². The maximum absolute atomic E-state index is 13.2. The van der Waals surface area contributed by atoms with Gasteiger partial charge in [0.25, 0.3) is 0 Å². The van der Waals surface area contributed by atoms with Crippen LogP contribution in [0.2, 0.25) is 0 Å². The predicted octanol–water partition coefficient (Wildman–Crippen LogP) is 3.50. The molecule has 7 nitrogen and oxygen atoms in total. The average Bonchev–Trinajstić information content (AvgIpc) is 2.73. The molecule has 0 spiro atoms. The number of carbonyl (C=O) groups is 1. The Morgan fingerprint density at radius 2 is 1.97 bits per heavy atom. The molecule has 1 saturated heterocycles. The molecule has 1 aliphatic heterocycles. The Morgan fingerprint density at radius 3 is 2.71 bits per heavy atom. The number of carbonyl (C=O) groups excluding carboxylic acids is 1. The van der Waals surface area contributed by atoms with Gasteiger partial charge in [0.05, 0.1) is 23.6 Å². The molecule has 0 saturated carbocycles. The lowest BCUT2D eigenvalue weighted by Crippen LogP contribution is -2.42. The number of ketones is 1. The number of nitrogens with two attached hydrogens (primary N) is 2. The molecule has 2 atom stereocenters. The van der Waals surface area contributed by atoms with Crippen molar-refractivity contribution in [2.45, 2.75) is 50.9 Å². The van der Waals surface area contributed by atoms with Gasteiger partial charge in [-0.15, -0.1) is 0 Å². The first-order chi connectivity index (χ1) is 14.8. The van der Waals surface area contributed by atoms with Gasteiger partial charge in [0, 0.05) is 30.4 Å². The maximum Gasteiger partial charge on any atom is 0.189 e. The van der Waals surface area contributed by atoms with Crippen LogP contribution in [0.1, 0.15) is 54.4 Å². The van der Waals surface area contributed by atoms with Crippen molar-refractivity contribution in [3.63, 3.8) is 0 Å². The fourth-order valence-corrected chi connectivity index (χ4v) is 4.17. The van der Waals surface area contributed by atoms with Crippen molar-refractivity contribution >= 4 is 11.6 Å². The highest BCUT2D eigenvalue weighted by Crippen LogP contribution is 2.37. The summed E-state index contributed by atoms with van der Waals surface area (Å²) in [5.74, 6) is -0.0939. The number of hydrogen-bond acceptors (Lipinski definition) is 7. The number of hydrogen-bond donors (Lipinski definition) is 2. The van der Waals surface area contributed by atoms with Crippen LogP contribution >= 0.6 is 0 Å². The number of nitrogen functional groups attached to an aromatic ring is 1. The fourth-order valence-electron chi connectivity index (χ4n) is 4.17. The molecule has 7 heteroatoms. The topological polar surface area (TPSA) is 117 Å². The van der Waals surface area contributed by atoms with Crippen LogP contribution in [0.25, 0.3) is 11.3 Å². The van der Waals surface area contributed by atoms with Gasteiger partial charge in [-0.1, -0.05) is 30.3 Å². The second-order valence-electron chi connectivity index (χ2n) is 8.60. The molecule has 1 aliphatic rings. The molecule has 0 unspecified atom stereocenters.